The molecule has 1 fully saturated rings. The van der Waals surface area contributed by atoms with Crippen molar-refractivity contribution in [2.75, 3.05) is 18.4 Å². The summed E-state index contributed by atoms with van der Waals surface area (Å²) in [5.41, 5.74) is 0.120. The van der Waals surface area contributed by atoms with E-state index in [1.54, 1.807) is 12.1 Å². The van der Waals surface area contributed by atoms with Gasteiger partial charge in [-0.3, -0.25) is 9.59 Å². The van der Waals surface area contributed by atoms with Crippen LogP contribution in [0.5, 0.6) is 0 Å². The molecule has 1 aliphatic rings. The quantitative estimate of drug-likeness (QED) is 0.888. The number of likely N-dealkylation sites (tertiary alicyclic amines) is 1. The fourth-order valence-electron chi connectivity index (χ4n) is 2.94. The van der Waals surface area contributed by atoms with E-state index in [1.807, 2.05) is 18.7 Å². The maximum absolute atomic E-state index is 13.6. The minimum absolute atomic E-state index is 0.00163. The van der Waals surface area contributed by atoms with E-state index >= 15 is 0 Å². The number of carbonyl (C=O) groups excluding carboxylic acids is 2. The number of para-hydroxylation sites is 1. The number of anilines is 1. The number of hydrogen-bond donors (Lipinski definition) is 1. The van der Waals surface area contributed by atoms with Crippen molar-refractivity contribution >= 4 is 28.8 Å². The first-order valence-corrected chi connectivity index (χ1v) is 9.45. The lowest BCUT2D eigenvalue weighted by Crippen LogP contribution is -2.40. The minimum Gasteiger partial charge on any atom is -0.342 e. The van der Waals surface area contributed by atoms with Gasteiger partial charge in [-0.25, -0.2) is 4.39 Å². The molecule has 0 spiro atoms. The third-order valence-electron chi connectivity index (χ3n) is 4.41. The number of aromatic nitrogens is 2. The van der Waals surface area contributed by atoms with E-state index in [0.717, 1.165) is 17.8 Å². The summed E-state index contributed by atoms with van der Waals surface area (Å²) in [4.78, 5) is 26.2. The average molecular weight is 376 g/mol. The lowest BCUT2D eigenvalue weighted by molar-refractivity contribution is -0.135. The van der Waals surface area contributed by atoms with E-state index in [2.05, 4.69) is 15.5 Å². The van der Waals surface area contributed by atoms with Crippen molar-refractivity contribution in [1.29, 1.82) is 0 Å². The lowest BCUT2D eigenvalue weighted by atomic mass is 9.97. The van der Waals surface area contributed by atoms with Gasteiger partial charge in [-0.1, -0.05) is 37.3 Å². The summed E-state index contributed by atoms with van der Waals surface area (Å²) in [6.45, 7) is 5.19. The van der Waals surface area contributed by atoms with E-state index in [4.69, 9.17) is 0 Å². The summed E-state index contributed by atoms with van der Waals surface area (Å²) in [5, 5.41) is 11.6. The van der Waals surface area contributed by atoms with Crippen LogP contribution in [0.25, 0.3) is 0 Å². The molecule has 2 heterocycles. The Bertz CT molecular complexity index is 800. The Hall–Kier alpha value is -2.35. The maximum Gasteiger partial charge on any atom is 0.286 e. The molecule has 1 saturated heterocycles. The van der Waals surface area contributed by atoms with Crippen molar-refractivity contribution in [2.24, 2.45) is 5.92 Å². The number of benzene rings is 1. The van der Waals surface area contributed by atoms with Gasteiger partial charge in [0, 0.05) is 24.9 Å². The van der Waals surface area contributed by atoms with Crippen molar-refractivity contribution in [3.8, 4) is 0 Å². The van der Waals surface area contributed by atoms with E-state index in [1.165, 1.54) is 23.5 Å². The number of nitrogens with one attached hydrogen (secondary N) is 1. The van der Waals surface area contributed by atoms with Gasteiger partial charge < -0.3 is 10.2 Å². The van der Waals surface area contributed by atoms with Crippen LogP contribution >= 0.6 is 11.3 Å². The Morgan fingerprint density at radius 3 is 2.58 bits per heavy atom. The molecule has 1 N–H and O–H groups in total. The molecule has 1 aromatic heterocycles. The fraction of sp³-hybridized carbons (Fsp3) is 0.444. The van der Waals surface area contributed by atoms with Gasteiger partial charge in [-0.2, -0.15) is 0 Å². The van der Waals surface area contributed by atoms with Gasteiger partial charge in [0.2, 0.25) is 10.9 Å². The molecular weight excluding hydrogens is 355 g/mol. The second kappa shape index (κ2) is 7.90. The van der Waals surface area contributed by atoms with Crippen LogP contribution in [0.15, 0.2) is 24.3 Å². The molecule has 138 valence electrons. The van der Waals surface area contributed by atoms with Gasteiger partial charge in [0.15, 0.2) is 0 Å². The molecule has 8 heteroatoms. The Balaban J connectivity index is 1.61. The highest BCUT2D eigenvalue weighted by Crippen LogP contribution is 2.31. The third-order valence-corrected chi connectivity index (χ3v) is 5.49. The highest BCUT2D eigenvalue weighted by molar-refractivity contribution is 7.13. The van der Waals surface area contributed by atoms with Crippen LogP contribution in [0, 0.1) is 11.7 Å². The molecule has 2 amide bonds. The third kappa shape index (κ3) is 4.07. The van der Waals surface area contributed by atoms with Gasteiger partial charge >= 0.3 is 0 Å². The Morgan fingerprint density at radius 1 is 1.23 bits per heavy atom. The van der Waals surface area contributed by atoms with Crippen molar-refractivity contribution < 1.29 is 14.0 Å². The van der Waals surface area contributed by atoms with E-state index in [-0.39, 0.29) is 28.4 Å². The van der Waals surface area contributed by atoms with Crippen molar-refractivity contribution in [1.82, 2.24) is 15.1 Å². The number of nitrogens with zero attached hydrogens (tertiary/aromatic N) is 3. The molecule has 2 aromatic rings. The van der Waals surface area contributed by atoms with Gasteiger partial charge in [-0.15, -0.1) is 10.2 Å². The van der Waals surface area contributed by atoms with Gasteiger partial charge in [0.05, 0.1) is 5.69 Å². The van der Waals surface area contributed by atoms with Crippen LogP contribution in [-0.2, 0) is 4.79 Å². The molecule has 0 atom stereocenters. The monoisotopic (exact) mass is 376 g/mol. The lowest BCUT2D eigenvalue weighted by Gasteiger charge is -2.32. The Labute approximate surface area is 155 Å². The number of carbonyl (C=O) groups is 2. The number of hydrogen-bond acceptors (Lipinski definition) is 5. The topological polar surface area (TPSA) is 75.2 Å². The molecule has 1 aliphatic heterocycles. The molecule has 6 nitrogen and oxygen atoms in total. The minimum atomic E-state index is -0.493. The first-order valence-electron chi connectivity index (χ1n) is 8.63. The molecule has 0 saturated carbocycles. The normalized spacial score (nSPS) is 15.3. The zero-order valence-electron chi connectivity index (χ0n) is 14.7. The standard InChI is InChI=1S/C18H21FN4O2S/c1-11(2)18(25)23-9-7-12(8-10-23)16-21-22-17(26-16)15(24)20-14-6-4-3-5-13(14)19/h3-6,11-12H,7-10H2,1-2H3,(H,20,24). The van der Waals surface area contributed by atoms with Crippen molar-refractivity contribution in [3.63, 3.8) is 0 Å². The van der Waals surface area contributed by atoms with Gasteiger partial charge in [-0.05, 0) is 25.0 Å². The maximum atomic E-state index is 13.6. The summed E-state index contributed by atoms with van der Waals surface area (Å²) in [6.07, 6.45) is 1.62. The Kier molecular flexibility index (Phi) is 5.61. The largest absolute Gasteiger partial charge is 0.342 e. The van der Waals surface area contributed by atoms with E-state index < -0.39 is 11.7 Å². The number of amides is 2. The van der Waals surface area contributed by atoms with Crippen LogP contribution in [0.2, 0.25) is 0 Å². The molecule has 1 aromatic carbocycles. The smallest absolute Gasteiger partial charge is 0.286 e. The van der Waals surface area contributed by atoms with Crippen LogP contribution in [-0.4, -0.2) is 40.0 Å². The second-order valence-electron chi connectivity index (χ2n) is 6.63. The van der Waals surface area contributed by atoms with Crippen molar-refractivity contribution in [2.45, 2.75) is 32.6 Å². The summed E-state index contributed by atoms with van der Waals surface area (Å²) in [6, 6.07) is 5.99. The van der Waals surface area contributed by atoms with Crippen molar-refractivity contribution in [3.05, 3.63) is 40.1 Å². The predicted molar refractivity (Wildman–Crippen MR) is 97.7 cm³/mol. The number of piperidine rings is 1. The summed E-state index contributed by atoms with van der Waals surface area (Å²) >= 11 is 1.23. The molecule has 0 radical (unpaired) electrons. The molecule has 26 heavy (non-hydrogen) atoms. The van der Waals surface area contributed by atoms with Gasteiger partial charge in [0.25, 0.3) is 5.91 Å². The summed E-state index contributed by atoms with van der Waals surface area (Å²) in [7, 11) is 0. The highest BCUT2D eigenvalue weighted by atomic mass is 32.1. The van der Waals surface area contributed by atoms with Crippen LogP contribution in [0.4, 0.5) is 10.1 Å². The Morgan fingerprint density at radius 2 is 1.92 bits per heavy atom. The number of halogens is 1. The van der Waals surface area contributed by atoms with Crippen LogP contribution in [0.3, 0.4) is 0 Å². The van der Waals surface area contributed by atoms with E-state index in [9.17, 15) is 14.0 Å². The molecule has 0 aliphatic carbocycles. The fourth-order valence-corrected chi connectivity index (χ4v) is 3.85. The zero-order chi connectivity index (χ0) is 18.7. The molecular formula is C18H21FN4O2S. The first-order chi connectivity index (χ1) is 12.5. The average Bonchev–Trinajstić information content (AvgIpc) is 3.13. The SMILES string of the molecule is CC(C)C(=O)N1CCC(c2nnc(C(=O)Nc3ccccc3F)s2)CC1. The highest BCUT2D eigenvalue weighted by Gasteiger charge is 2.28. The van der Waals surface area contributed by atoms with Crippen LogP contribution in [0.1, 0.15) is 47.4 Å². The predicted octanol–water partition coefficient (Wildman–Crippen LogP) is 3.29. The van der Waals surface area contributed by atoms with Crippen LogP contribution < -0.4 is 5.32 Å². The van der Waals surface area contributed by atoms with Gasteiger partial charge in [0.1, 0.15) is 10.8 Å². The first kappa shape index (κ1) is 18.4. The second-order valence-corrected chi connectivity index (χ2v) is 7.64. The molecule has 0 unspecified atom stereocenters. The summed E-state index contributed by atoms with van der Waals surface area (Å²) in [5.74, 6) is -0.592. The summed E-state index contributed by atoms with van der Waals surface area (Å²) < 4.78 is 13.6. The van der Waals surface area contributed by atoms with E-state index in [0.29, 0.717) is 13.1 Å². The molecule has 3 rings (SSSR count). The molecule has 0 bridgehead atoms. The zero-order valence-corrected chi connectivity index (χ0v) is 15.6. The number of rotatable bonds is 4.